The molecule has 0 heterocycles. The Labute approximate surface area is 148 Å². The van der Waals surface area contributed by atoms with Gasteiger partial charge in [-0.3, -0.25) is 9.59 Å². The number of carbonyl (C=O) groups is 2. The summed E-state index contributed by atoms with van der Waals surface area (Å²) in [5, 5.41) is 8.83. The second-order valence-electron chi connectivity index (χ2n) is 6.15. The van der Waals surface area contributed by atoms with Crippen molar-refractivity contribution in [1.82, 2.24) is 0 Å². The van der Waals surface area contributed by atoms with Crippen LogP contribution in [0.1, 0.15) is 30.0 Å². The van der Waals surface area contributed by atoms with Gasteiger partial charge in [-0.2, -0.15) is 0 Å². The summed E-state index contributed by atoms with van der Waals surface area (Å²) in [5.41, 5.74) is 5.73. The molecular weight excluding hydrogens is 314 g/mol. The SMILES string of the molecule is CCC(=O)Nc1ccc(NCC(=O)Nc2c(C)cc(C)cc2C)cc1. The van der Waals surface area contributed by atoms with E-state index in [0.717, 1.165) is 28.2 Å². The van der Waals surface area contributed by atoms with Crippen molar-refractivity contribution in [1.29, 1.82) is 0 Å². The van der Waals surface area contributed by atoms with Gasteiger partial charge in [-0.15, -0.1) is 0 Å². The minimum atomic E-state index is -0.0987. The van der Waals surface area contributed by atoms with E-state index in [1.807, 2.05) is 45.0 Å². The molecule has 0 aliphatic heterocycles. The Bertz CT molecular complexity index is 744. The topological polar surface area (TPSA) is 70.2 Å². The minimum Gasteiger partial charge on any atom is -0.376 e. The molecule has 0 spiro atoms. The number of nitrogens with one attached hydrogen (secondary N) is 3. The first-order valence-corrected chi connectivity index (χ1v) is 8.40. The third-order valence-electron chi connectivity index (χ3n) is 3.88. The molecule has 0 bridgehead atoms. The van der Waals surface area contributed by atoms with Gasteiger partial charge in [0.25, 0.3) is 0 Å². The van der Waals surface area contributed by atoms with Crippen LogP contribution >= 0.6 is 0 Å². The monoisotopic (exact) mass is 339 g/mol. The lowest BCUT2D eigenvalue weighted by atomic mass is 10.1. The number of carbonyl (C=O) groups excluding carboxylic acids is 2. The molecule has 132 valence electrons. The number of anilines is 3. The average molecular weight is 339 g/mol. The Hall–Kier alpha value is -2.82. The number of aryl methyl sites for hydroxylation is 3. The second-order valence-corrected chi connectivity index (χ2v) is 6.15. The number of hydrogen-bond donors (Lipinski definition) is 3. The van der Waals surface area contributed by atoms with E-state index in [9.17, 15) is 9.59 Å². The lowest BCUT2D eigenvalue weighted by Crippen LogP contribution is -2.22. The van der Waals surface area contributed by atoms with Crippen molar-refractivity contribution in [2.24, 2.45) is 0 Å². The Balaban J connectivity index is 1.91. The van der Waals surface area contributed by atoms with Crippen molar-refractivity contribution in [3.63, 3.8) is 0 Å². The van der Waals surface area contributed by atoms with Gasteiger partial charge in [0.2, 0.25) is 11.8 Å². The van der Waals surface area contributed by atoms with E-state index in [2.05, 4.69) is 28.1 Å². The lowest BCUT2D eigenvalue weighted by Gasteiger charge is -2.13. The molecular formula is C20H25N3O2. The summed E-state index contributed by atoms with van der Waals surface area (Å²) in [7, 11) is 0. The van der Waals surface area contributed by atoms with Gasteiger partial charge in [0.05, 0.1) is 6.54 Å². The number of amides is 2. The maximum absolute atomic E-state index is 12.2. The summed E-state index contributed by atoms with van der Waals surface area (Å²) in [5.74, 6) is -0.123. The van der Waals surface area contributed by atoms with Crippen LogP contribution in [0.5, 0.6) is 0 Å². The van der Waals surface area contributed by atoms with Crippen LogP contribution in [0.3, 0.4) is 0 Å². The largest absolute Gasteiger partial charge is 0.376 e. The van der Waals surface area contributed by atoms with Gasteiger partial charge in [-0.1, -0.05) is 24.6 Å². The quantitative estimate of drug-likeness (QED) is 0.745. The van der Waals surface area contributed by atoms with Crippen LogP contribution in [0.4, 0.5) is 17.1 Å². The van der Waals surface area contributed by atoms with E-state index < -0.39 is 0 Å². The van der Waals surface area contributed by atoms with E-state index in [4.69, 9.17) is 0 Å². The molecule has 3 N–H and O–H groups in total. The molecule has 2 aromatic carbocycles. The van der Waals surface area contributed by atoms with Crippen molar-refractivity contribution in [3.8, 4) is 0 Å². The minimum absolute atomic E-state index is 0.0241. The molecule has 0 fully saturated rings. The molecule has 0 atom stereocenters. The van der Waals surface area contributed by atoms with E-state index in [-0.39, 0.29) is 18.4 Å². The molecule has 0 aromatic heterocycles. The van der Waals surface area contributed by atoms with Crippen molar-refractivity contribution >= 4 is 28.9 Å². The maximum atomic E-state index is 12.2. The predicted molar refractivity (Wildman–Crippen MR) is 103 cm³/mol. The lowest BCUT2D eigenvalue weighted by molar-refractivity contribution is -0.116. The first kappa shape index (κ1) is 18.5. The van der Waals surface area contributed by atoms with Crippen LogP contribution in [0.15, 0.2) is 36.4 Å². The Morgan fingerprint density at radius 1 is 0.840 bits per heavy atom. The highest BCUT2D eigenvalue weighted by Crippen LogP contribution is 2.22. The molecule has 0 unspecified atom stereocenters. The van der Waals surface area contributed by atoms with Crippen molar-refractivity contribution in [2.45, 2.75) is 34.1 Å². The van der Waals surface area contributed by atoms with Gasteiger partial charge in [0.1, 0.15) is 0 Å². The van der Waals surface area contributed by atoms with Crippen molar-refractivity contribution < 1.29 is 9.59 Å². The van der Waals surface area contributed by atoms with Gasteiger partial charge in [-0.05, 0) is 56.2 Å². The number of benzene rings is 2. The van der Waals surface area contributed by atoms with E-state index in [1.54, 1.807) is 6.92 Å². The normalized spacial score (nSPS) is 10.2. The van der Waals surface area contributed by atoms with Crippen molar-refractivity contribution in [2.75, 3.05) is 22.5 Å². The molecule has 2 aromatic rings. The van der Waals surface area contributed by atoms with E-state index in [0.29, 0.717) is 6.42 Å². The zero-order valence-electron chi connectivity index (χ0n) is 15.2. The molecule has 2 rings (SSSR count). The van der Waals surface area contributed by atoms with Crippen LogP contribution in [0, 0.1) is 20.8 Å². The van der Waals surface area contributed by atoms with Crippen LogP contribution in [-0.4, -0.2) is 18.4 Å². The molecule has 0 saturated carbocycles. The first-order valence-electron chi connectivity index (χ1n) is 8.40. The zero-order chi connectivity index (χ0) is 18.4. The summed E-state index contributed by atoms with van der Waals surface area (Å²) in [6.07, 6.45) is 0.442. The van der Waals surface area contributed by atoms with Gasteiger partial charge >= 0.3 is 0 Å². The zero-order valence-corrected chi connectivity index (χ0v) is 15.2. The van der Waals surface area contributed by atoms with Gasteiger partial charge in [-0.25, -0.2) is 0 Å². The molecule has 0 radical (unpaired) electrons. The fourth-order valence-electron chi connectivity index (χ4n) is 2.66. The number of rotatable bonds is 6. The third kappa shape index (κ3) is 5.35. The van der Waals surface area contributed by atoms with Crippen LogP contribution in [0.2, 0.25) is 0 Å². The number of hydrogen-bond acceptors (Lipinski definition) is 3. The smallest absolute Gasteiger partial charge is 0.243 e. The molecule has 0 aliphatic rings. The first-order chi connectivity index (χ1) is 11.9. The molecule has 5 heteroatoms. The maximum Gasteiger partial charge on any atom is 0.243 e. The predicted octanol–water partition coefficient (Wildman–Crippen LogP) is 4.01. The van der Waals surface area contributed by atoms with Gasteiger partial charge in [0.15, 0.2) is 0 Å². The van der Waals surface area contributed by atoms with E-state index in [1.165, 1.54) is 5.56 Å². The van der Waals surface area contributed by atoms with Crippen LogP contribution < -0.4 is 16.0 Å². The fraction of sp³-hybridized carbons (Fsp3) is 0.300. The summed E-state index contributed by atoms with van der Waals surface area (Å²) >= 11 is 0. The molecule has 25 heavy (non-hydrogen) atoms. The van der Waals surface area contributed by atoms with E-state index >= 15 is 0 Å². The summed E-state index contributed by atoms with van der Waals surface area (Å²) in [6.45, 7) is 8.01. The summed E-state index contributed by atoms with van der Waals surface area (Å²) in [6, 6.07) is 11.4. The molecule has 5 nitrogen and oxygen atoms in total. The highest BCUT2D eigenvalue weighted by molar-refractivity contribution is 5.95. The molecule has 0 saturated heterocycles. The second kappa shape index (κ2) is 8.33. The summed E-state index contributed by atoms with van der Waals surface area (Å²) < 4.78 is 0. The average Bonchev–Trinajstić information content (AvgIpc) is 2.57. The van der Waals surface area contributed by atoms with Crippen molar-refractivity contribution in [3.05, 3.63) is 53.1 Å². The van der Waals surface area contributed by atoms with Crippen LogP contribution in [0.25, 0.3) is 0 Å². The highest BCUT2D eigenvalue weighted by atomic mass is 16.2. The molecule has 0 aliphatic carbocycles. The molecule has 2 amide bonds. The van der Waals surface area contributed by atoms with Gasteiger partial charge in [0, 0.05) is 23.5 Å². The summed E-state index contributed by atoms with van der Waals surface area (Å²) in [4.78, 5) is 23.5. The van der Waals surface area contributed by atoms with Gasteiger partial charge < -0.3 is 16.0 Å². The Morgan fingerprint density at radius 2 is 1.40 bits per heavy atom. The Morgan fingerprint density at radius 3 is 1.96 bits per heavy atom. The van der Waals surface area contributed by atoms with Crippen LogP contribution in [-0.2, 0) is 9.59 Å². The fourth-order valence-corrected chi connectivity index (χ4v) is 2.66. The highest BCUT2D eigenvalue weighted by Gasteiger charge is 2.08. The standard InChI is InChI=1S/C20H25N3O2/c1-5-18(24)22-17-8-6-16(7-9-17)21-12-19(25)23-20-14(3)10-13(2)11-15(20)4/h6-11,21H,5,12H2,1-4H3,(H,22,24)(H,23,25). The third-order valence-corrected chi connectivity index (χ3v) is 3.88. The Kier molecular flexibility index (Phi) is 6.17.